The molecule has 21 heavy (non-hydrogen) atoms. The number of nitrogens with zero attached hydrogens (tertiary/aromatic N) is 2. The zero-order chi connectivity index (χ0) is 14.4. The average molecular weight is 284 g/mol. The van der Waals surface area contributed by atoms with E-state index >= 15 is 0 Å². The molecule has 2 aromatic rings. The molecular formula is C16H16N2O3. The van der Waals surface area contributed by atoms with E-state index in [1.165, 1.54) is 11.3 Å². The van der Waals surface area contributed by atoms with Gasteiger partial charge >= 0.3 is 0 Å². The minimum Gasteiger partial charge on any atom is -0.454 e. The lowest BCUT2D eigenvalue weighted by Crippen LogP contribution is -2.36. The molecule has 0 saturated heterocycles. The van der Waals surface area contributed by atoms with Gasteiger partial charge in [-0.15, -0.1) is 0 Å². The Bertz CT molecular complexity index is 720. The molecule has 0 unspecified atom stereocenters. The van der Waals surface area contributed by atoms with Crippen molar-refractivity contribution in [2.45, 2.75) is 13.0 Å². The molecule has 1 aromatic heterocycles. The number of carbonyl (C=O) groups excluding carboxylic acids is 1. The van der Waals surface area contributed by atoms with Crippen LogP contribution in [0.4, 0.5) is 0 Å². The van der Waals surface area contributed by atoms with E-state index in [1.54, 1.807) is 18.2 Å². The molecule has 4 rings (SSSR count). The Labute approximate surface area is 122 Å². The Kier molecular flexibility index (Phi) is 2.67. The molecule has 1 aromatic carbocycles. The highest BCUT2D eigenvalue weighted by atomic mass is 16.7. The van der Waals surface area contributed by atoms with Gasteiger partial charge in [-0.1, -0.05) is 0 Å². The lowest BCUT2D eigenvalue weighted by atomic mass is 10.1. The molecule has 5 nitrogen and oxygen atoms in total. The zero-order valence-corrected chi connectivity index (χ0v) is 11.8. The van der Waals surface area contributed by atoms with Crippen molar-refractivity contribution >= 4 is 5.91 Å². The standard InChI is InChI=1S/C16H16N2O3/c1-17-6-4-12-9-18(7-5-13(12)17)16(19)11-2-3-14-15(8-11)21-10-20-14/h2-4,6,8H,5,7,9-10H2,1H3. The quantitative estimate of drug-likeness (QED) is 0.804. The van der Waals surface area contributed by atoms with Gasteiger partial charge < -0.3 is 18.9 Å². The fourth-order valence-corrected chi connectivity index (χ4v) is 3.01. The van der Waals surface area contributed by atoms with E-state index in [0.717, 1.165) is 13.0 Å². The highest BCUT2D eigenvalue weighted by molar-refractivity contribution is 5.95. The molecule has 0 spiro atoms. The summed E-state index contributed by atoms with van der Waals surface area (Å²) in [5.74, 6) is 1.40. The van der Waals surface area contributed by atoms with Gasteiger partial charge in [0, 0.05) is 44.0 Å². The predicted octanol–water partition coefficient (Wildman–Crippen LogP) is 1.95. The molecule has 2 aliphatic rings. The summed E-state index contributed by atoms with van der Waals surface area (Å²) in [7, 11) is 2.05. The van der Waals surface area contributed by atoms with Gasteiger partial charge in [0.2, 0.25) is 6.79 Å². The van der Waals surface area contributed by atoms with Crippen molar-refractivity contribution in [2.24, 2.45) is 7.05 Å². The third-order valence-electron chi connectivity index (χ3n) is 4.18. The van der Waals surface area contributed by atoms with Crippen molar-refractivity contribution in [3.05, 3.63) is 47.3 Å². The third kappa shape index (κ3) is 1.96. The van der Waals surface area contributed by atoms with Gasteiger partial charge in [-0.2, -0.15) is 0 Å². The second kappa shape index (κ2) is 4.55. The highest BCUT2D eigenvalue weighted by Gasteiger charge is 2.24. The topological polar surface area (TPSA) is 43.7 Å². The van der Waals surface area contributed by atoms with Crippen LogP contribution in [0.5, 0.6) is 11.5 Å². The first kappa shape index (κ1) is 12.3. The van der Waals surface area contributed by atoms with Gasteiger partial charge in [0.15, 0.2) is 11.5 Å². The molecule has 0 atom stereocenters. The molecule has 0 radical (unpaired) electrons. The first-order chi connectivity index (χ1) is 10.2. The van der Waals surface area contributed by atoms with E-state index < -0.39 is 0 Å². The van der Waals surface area contributed by atoms with Crippen LogP contribution < -0.4 is 9.47 Å². The third-order valence-corrected chi connectivity index (χ3v) is 4.18. The van der Waals surface area contributed by atoms with Crippen molar-refractivity contribution in [1.82, 2.24) is 9.47 Å². The molecule has 2 aliphatic heterocycles. The largest absolute Gasteiger partial charge is 0.454 e. The number of fused-ring (bicyclic) bond motifs is 2. The summed E-state index contributed by atoms with van der Waals surface area (Å²) >= 11 is 0. The van der Waals surface area contributed by atoms with Crippen molar-refractivity contribution in [3.63, 3.8) is 0 Å². The molecule has 3 heterocycles. The van der Waals surface area contributed by atoms with E-state index in [1.807, 2.05) is 11.9 Å². The number of hydrogen-bond acceptors (Lipinski definition) is 3. The molecule has 0 bridgehead atoms. The van der Waals surface area contributed by atoms with Crippen LogP contribution in [0.15, 0.2) is 30.5 Å². The van der Waals surface area contributed by atoms with Crippen LogP contribution in [0.2, 0.25) is 0 Å². The molecule has 1 amide bonds. The number of ether oxygens (including phenoxy) is 2. The van der Waals surface area contributed by atoms with Crippen LogP contribution in [0.1, 0.15) is 21.6 Å². The summed E-state index contributed by atoms with van der Waals surface area (Å²) < 4.78 is 12.8. The SMILES string of the molecule is Cn1ccc2c1CCN(C(=O)c1ccc3c(c1)OCO3)C2. The van der Waals surface area contributed by atoms with Crippen LogP contribution in [-0.4, -0.2) is 28.7 Å². The Morgan fingerprint density at radius 1 is 1.19 bits per heavy atom. The summed E-state index contributed by atoms with van der Waals surface area (Å²) in [4.78, 5) is 14.5. The monoisotopic (exact) mass is 284 g/mol. The normalized spacial score (nSPS) is 16.0. The number of amides is 1. The van der Waals surface area contributed by atoms with E-state index in [0.29, 0.717) is 23.6 Å². The number of rotatable bonds is 1. The van der Waals surface area contributed by atoms with Crippen LogP contribution in [-0.2, 0) is 20.0 Å². The number of hydrogen-bond donors (Lipinski definition) is 0. The maximum Gasteiger partial charge on any atom is 0.254 e. The van der Waals surface area contributed by atoms with Gasteiger partial charge in [-0.05, 0) is 29.8 Å². The summed E-state index contributed by atoms with van der Waals surface area (Å²) in [6.45, 7) is 1.64. The minimum absolute atomic E-state index is 0.0443. The van der Waals surface area contributed by atoms with Crippen molar-refractivity contribution in [3.8, 4) is 11.5 Å². The Balaban J connectivity index is 1.58. The zero-order valence-electron chi connectivity index (χ0n) is 11.8. The maximum absolute atomic E-state index is 12.6. The van der Waals surface area contributed by atoms with Crippen LogP contribution in [0.25, 0.3) is 0 Å². The van der Waals surface area contributed by atoms with Gasteiger partial charge in [0.1, 0.15) is 0 Å². The summed E-state index contributed by atoms with van der Waals surface area (Å²) in [5.41, 5.74) is 3.21. The Morgan fingerprint density at radius 2 is 2.05 bits per heavy atom. The number of aromatic nitrogens is 1. The molecular weight excluding hydrogens is 268 g/mol. The minimum atomic E-state index is 0.0443. The van der Waals surface area contributed by atoms with Crippen LogP contribution in [0, 0.1) is 0 Å². The first-order valence-corrected chi connectivity index (χ1v) is 7.04. The summed E-state index contributed by atoms with van der Waals surface area (Å²) in [6, 6.07) is 7.46. The van der Waals surface area contributed by atoms with Crippen LogP contribution >= 0.6 is 0 Å². The fraction of sp³-hybridized carbons (Fsp3) is 0.312. The number of benzene rings is 1. The van der Waals surface area contributed by atoms with E-state index in [-0.39, 0.29) is 12.7 Å². The Hall–Kier alpha value is -2.43. The maximum atomic E-state index is 12.6. The van der Waals surface area contributed by atoms with Gasteiger partial charge in [-0.25, -0.2) is 0 Å². The summed E-state index contributed by atoms with van der Waals surface area (Å²) in [6.07, 6.45) is 2.95. The molecule has 0 N–H and O–H groups in total. The van der Waals surface area contributed by atoms with E-state index in [2.05, 4.69) is 16.8 Å². The number of carbonyl (C=O) groups is 1. The molecule has 5 heteroatoms. The first-order valence-electron chi connectivity index (χ1n) is 7.04. The lowest BCUT2D eigenvalue weighted by Gasteiger charge is -2.28. The predicted molar refractivity (Wildman–Crippen MR) is 76.4 cm³/mol. The lowest BCUT2D eigenvalue weighted by molar-refractivity contribution is 0.0733. The van der Waals surface area contributed by atoms with E-state index in [9.17, 15) is 4.79 Å². The van der Waals surface area contributed by atoms with Crippen molar-refractivity contribution in [2.75, 3.05) is 13.3 Å². The molecule has 108 valence electrons. The van der Waals surface area contributed by atoms with Gasteiger partial charge in [0.05, 0.1) is 0 Å². The van der Waals surface area contributed by atoms with Gasteiger partial charge in [-0.3, -0.25) is 4.79 Å². The molecule has 0 saturated carbocycles. The van der Waals surface area contributed by atoms with Crippen LogP contribution in [0.3, 0.4) is 0 Å². The van der Waals surface area contributed by atoms with Crippen molar-refractivity contribution < 1.29 is 14.3 Å². The fourth-order valence-electron chi connectivity index (χ4n) is 3.01. The number of aryl methyl sites for hydroxylation is 1. The second-order valence-electron chi connectivity index (χ2n) is 5.44. The molecule has 0 fully saturated rings. The second-order valence-corrected chi connectivity index (χ2v) is 5.44. The van der Waals surface area contributed by atoms with E-state index in [4.69, 9.17) is 9.47 Å². The average Bonchev–Trinajstić information content (AvgIpc) is 3.12. The highest BCUT2D eigenvalue weighted by Crippen LogP contribution is 2.33. The summed E-state index contributed by atoms with van der Waals surface area (Å²) in [5, 5.41) is 0. The molecule has 0 aliphatic carbocycles. The smallest absolute Gasteiger partial charge is 0.254 e. The Morgan fingerprint density at radius 3 is 2.95 bits per heavy atom. The van der Waals surface area contributed by atoms with Crippen molar-refractivity contribution in [1.29, 1.82) is 0 Å². The van der Waals surface area contributed by atoms with Gasteiger partial charge in [0.25, 0.3) is 5.91 Å².